The van der Waals surface area contributed by atoms with E-state index in [-0.39, 0.29) is 5.56 Å². The van der Waals surface area contributed by atoms with Crippen LogP contribution in [0.15, 0.2) is 45.0 Å². The van der Waals surface area contributed by atoms with Crippen molar-refractivity contribution in [2.75, 3.05) is 19.8 Å². The van der Waals surface area contributed by atoms with E-state index in [0.717, 1.165) is 46.3 Å². The zero-order chi connectivity index (χ0) is 17.2. The van der Waals surface area contributed by atoms with Crippen molar-refractivity contribution in [3.8, 4) is 16.2 Å². The van der Waals surface area contributed by atoms with Crippen LogP contribution in [0, 0.1) is 5.92 Å². The van der Waals surface area contributed by atoms with Crippen molar-refractivity contribution in [2.24, 2.45) is 5.92 Å². The Balaban J connectivity index is 1.81. The Hall–Kier alpha value is -1.63. The molecule has 1 aromatic carbocycles. The van der Waals surface area contributed by atoms with E-state index in [1.54, 1.807) is 11.3 Å². The number of halogens is 1. The maximum atomic E-state index is 12.7. The van der Waals surface area contributed by atoms with Gasteiger partial charge in [-0.3, -0.25) is 4.79 Å². The molecule has 0 unspecified atom stereocenters. The fourth-order valence-electron chi connectivity index (χ4n) is 3.14. The largest absolute Gasteiger partial charge is 0.492 e. The maximum Gasteiger partial charge on any atom is 0.260 e. The van der Waals surface area contributed by atoms with Crippen molar-refractivity contribution >= 4 is 38.2 Å². The average molecular weight is 420 g/mol. The molecule has 0 amide bonds. The number of aromatic amines is 1. The summed E-state index contributed by atoms with van der Waals surface area (Å²) in [6.07, 6.45) is 2.00. The van der Waals surface area contributed by atoms with Gasteiger partial charge in [-0.1, -0.05) is 22.0 Å². The molecule has 25 heavy (non-hydrogen) atoms. The summed E-state index contributed by atoms with van der Waals surface area (Å²) < 4.78 is 12.6. The molecule has 0 aliphatic carbocycles. The lowest BCUT2D eigenvalue weighted by Crippen LogP contribution is -2.22. The van der Waals surface area contributed by atoms with Gasteiger partial charge in [-0.05, 0) is 48.4 Å². The number of thiophene rings is 1. The highest BCUT2D eigenvalue weighted by Crippen LogP contribution is 2.37. The molecule has 0 radical (unpaired) electrons. The van der Waals surface area contributed by atoms with Crippen LogP contribution in [-0.4, -0.2) is 24.8 Å². The van der Waals surface area contributed by atoms with Gasteiger partial charge in [-0.2, -0.15) is 0 Å². The first-order valence-electron chi connectivity index (χ1n) is 8.32. The van der Waals surface area contributed by atoms with Crippen LogP contribution in [0.1, 0.15) is 12.8 Å². The van der Waals surface area contributed by atoms with Crippen LogP contribution in [0.3, 0.4) is 0 Å². The molecule has 1 aliphatic rings. The number of ether oxygens (including phenoxy) is 2. The summed E-state index contributed by atoms with van der Waals surface area (Å²) in [6, 6.07) is 9.74. The minimum absolute atomic E-state index is 0.112. The summed E-state index contributed by atoms with van der Waals surface area (Å²) in [6.45, 7) is 2.17. The number of hydrogen-bond acceptors (Lipinski definition) is 4. The number of hydrogen-bond donors (Lipinski definition) is 1. The summed E-state index contributed by atoms with van der Waals surface area (Å²) >= 11 is 5.07. The van der Waals surface area contributed by atoms with Crippen molar-refractivity contribution < 1.29 is 9.47 Å². The van der Waals surface area contributed by atoms with Gasteiger partial charge in [0, 0.05) is 27.9 Å². The maximum absolute atomic E-state index is 12.7. The summed E-state index contributed by atoms with van der Waals surface area (Å²) in [5, 5.41) is 2.90. The molecule has 0 atom stereocenters. The Morgan fingerprint density at radius 2 is 2.12 bits per heavy atom. The van der Waals surface area contributed by atoms with E-state index in [2.05, 4.69) is 20.9 Å². The molecule has 6 heteroatoms. The van der Waals surface area contributed by atoms with Gasteiger partial charge in [-0.25, -0.2) is 0 Å². The molecule has 0 saturated carbocycles. The molecule has 4 nitrogen and oxygen atoms in total. The monoisotopic (exact) mass is 419 g/mol. The average Bonchev–Trinajstić information content (AvgIpc) is 3.15. The lowest BCUT2D eigenvalue weighted by Gasteiger charge is -2.23. The predicted molar refractivity (Wildman–Crippen MR) is 105 cm³/mol. The molecular formula is C19H18BrNO3S. The SMILES string of the molecule is O=c1[nH]c2ccc(Br)cc2c(OCC2CCOCC2)c1-c1cccs1. The van der Waals surface area contributed by atoms with Gasteiger partial charge in [0.25, 0.3) is 5.56 Å². The molecule has 0 spiro atoms. The lowest BCUT2D eigenvalue weighted by atomic mass is 10.0. The van der Waals surface area contributed by atoms with Crippen LogP contribution >= 0.6 is 27.3 Å². The molecule has 4 rings (SSSR count). The molecule has 0 bridgehead atoms. The summed E-state index contributed by atoms with van der Waals surface area (Å²) in [5.41, 5.74) is 1.29. The van der Waals surface area contributed by atoms with Crippen LogP contribution in [0.2, 0.25) is 0 Å². The van der Waals surface area contributed by atoms with Gasteiger partial charge < -0.3 is 14.5 Å². The third kappa shape index (κ3) is 3.52. The minimum Gasteiger partial charge on any atom is -0.492 e. The summed E-state index contributed by atoms with van der Waals surface area (Å²) in [5.74, 6) is 1.14. The highest BCUT2D eigenvalue weighted by Gasteiger charge is 2.20. The van der Waals surface area contributed by atoms with Crippen LogP contribution in [-0.2, 0) is 4.74 Å². The van der Waals surface area contributed by atoms with Crippen molar-refractivity contribution in [1.82, 2.24) is 4.98 Å². The Bertz CT molecular complexity index is 930. The zero-order valence-corrected chi connectivity index (χ0v) is 16.0. The number of pyridine rings is 1. The second-order valence-corrected chi connectivity index (χ2v) is 8.06. The Morgan fingerprint density at radius 1 is 1.28 bits per heavy atom. The molecule has 1 saturated heterocycles. The number of H-pyrrole nitrogens is 1. The zero-order valence-electron chi connectivity index (χ0n) is 13.6. The van der Waals surface area contributed by atoms with Crippen molar-refractivity contribution in [3.05, 3.63) is 50.5 Å². The number of aromatic nitrogens is 1. The molecule has 3 heterocycles. The summed E-state index contributed by atoms with van der Waals surface area (Å²) in [4.78, 5) is 16.6. The summed E-state index contributed by atoms with van der Waals surface area (Å²) in [7, 11) is 0. The molecule has 3 aromatic rings. The highest BCUT2D eigenvalue weighted by molar-refractivity contribution is 9.10. The van der Waals surface area contributed by atoms with Crippen molar-refractivity contribution in [3.63, 3.8) is 0 Å². The third-order valence-corrected chi connectivity index (χ3v) is 5.88. The van der Waals surface area contributed by atoms with Crippen molar-refractivity contribution in [1.29, 1.82) is 0 Å². The fourth-order valence-corrected chi connectivity index (χ4v) is 4.27. The Kier molecular flexibility index (Phi) is 4.92. The first-order chi connectivity index (χ1) is 12.2. The molecule has 1 N–H and O–H groups in total. The van der Waals surface area contributed by atoms with Gasteiger partial charge in [0.05, 0.1) is 17.7 Å². The number of benzene rings is 1. The lowest BCUT2D eigenvalue weighted by molar-refractivity contribution is 0.0500. The molecule has 1 aliphatic heterocycles. The van der Waals surface area contributed by atoms with Gasteiger partial charge in [-0.15, -0.1) is 11.3 Å². The van der Waals surface area contributed by atoms with E-state index in [9.17, 15) is 4.79 Å². The number of fused-ring (bicyclic) bond motifs is 1. The Morgan fingerprint density at radius 3 is 2.88 bits per heavy atom. The number of rotatable bonds is 4. The van der Waals surface area contributed by atoms with Crippen LogP contribution in [0.25, 0.3) is 21.3 Å². The van der Waals surface area contributed by atoms with E-state index < -0.39 is 0 Å². The second kappa shape index (κ2) is 7.32. The third-order valence-electron chi connectivity index (χ3n) is 4.50. The second-order valence-electron chi connectivity index (χ2n) is 6.19. The van der Waals surface area contributed by atoms with E-state index in [1.165, 1.54) is 0 Å². The topological polar surface area (TPSA) is 51.3 Å². The molecule has 130 valence electrons. The van der Waals surface area contributed by atoms with Gasteiger partial charge in [0.2, 0.25) is 0 Å². The number of nitrogens with one attached hydrogen (secondary N) is 1. The quantitative estimate of drug-likeness (QED) is 0.658. The van der Waals surface area contributed by atoms with Gasteiger partial charge >= 0.3 is 0 Å². The first-order valence-corrected chi connectivity index (χ1v) is 9.99. The van der Waals surface area contributed by atoms with E-state index in [1.807, 2.05) is 35.7 Å². The van der Waals surface area contributed by atoms with Crippen molar-refractivity contribution in [2.45, 2.75) is 12.8 Å². The van der Waals surface area contributed by atoms with Crippen LogP contribution in [0.4, 0.5) is 0 Å². The predicted octanol–water partition coefficient (Wildman–Crippen LogP) is 4.82. The Labute approximate surface area is 157 Å². The normalized spacial score (nSPS) is 15.6. The van der Waals surface area contributed by atoms with E-state index >= 15 is 0 Å². The highest BCUT2D eigenvalue weighted by atomic mass is 79.9. The standard InChI is InChI=1S/C19H18BrNO3S/c20-13-3-4-15-14(10-13)18(24-11-12-5-7-23-8-6-12)17(19(22)21-15)16-2-1-9-25-16/h1-4,9-10,12H,5-8,11H2,(H,21,22). The van der Waals surface area contributed by atoms with Crippen LogP contribution < -0.4 is 10.3 Å². The molecule has 2 aromatic heterocycles. The van der Waals surface area contributed by atoms with Gasteiger partial charge in [0.15, 0.2) is 0 Å². The molecular weight excluding hydrogens is 402 g/mol. The molecule has 1 fully saturated rings. The van der Waals surface area contributed by atoms with E-state index in [0.29, 0.717) is 23.8 Å². The minimum atomic E-state index is -0.112. The first kappa shape index (κ1) is 16.8. The van der Waals surface area contributed by atoms with Crippen LogP contribution in [0.5, 0.6) is 5.75 Å². The smallest absolute Gasteiger partial charge is 0.260 e. The fraction of sp³-hybridized carbons (Fsp3) is 0.316. The van der Waals surface area contributed by atoms with E-state index in [4.69, 9.17) is 9.47 Å². The van der Waals surface area contributed by atoms with Gasteiger partial charge in [0.1, 0.15) is 5.75 Å².